The number of β-lactam (4-membered cyclic amide) rings is 1. The van der Waals surface area contributed by atoms with E-state index in [0.29, 0.717) is 5.02 Å². The van der Waals surface area contributed by atoms with Gasteiger partial charge in [-0.25, -0.2) is 9.00 Å². The van der Waals surface area contributed by atoms with Crippen LogP contribution in [0, 0.1) is 0 Å². The molecule has 31 heavy (non-hydrogen) atoms. The van der Waals surface area contributed by atoms with Crippen molar-refractivity contribution in [3.8, 4) is 0 Å². The average Bonchev–Trinajstić information content (AvgIpc) is 2.74. The van der Waals surface area contributed by atoms with Gasteiger partial charge in [0.2, 0.25) is 6.41 Å². The van der Waals surface area contributed by atoms with E-state index in [-0.39, 0.29) is 30.0 Å². The highest BCUT2D eigenvalue weighted by Gasteiger charge is 2.56. The van der Waals surface area contributed by atoms with Crippen LogP contribution in [-0.2, 0) is 34.4 Å². The highest BCUT2D eigenvalue weighted by Crippen LogP contribution is 2.30. The first-order chi connectivity index (χ1) is 14.7. The van der Waals surface area contributed by atoms with Gasteiger partial charge in [0.05, 0.1) is 6.61 Å². The van der Waals surface area contributed by atoms with E-state index >= 15 is 0 Å². The number of ether oxygens (including phenoxy) is 1. The van der Waals surface area contributed by atoms with E-state index in [4.69, 9.17) is 32.1 Å². The first-order valence-corrected chi connectivity index (χ1v) is 11.0. The van der Waals surface area contributed by atoms with Crippen molar-refractivity contribution >= 4 is 58.4 Å². The lowest BCUT2D eigenvalue weighted by molar-refractivity contribution is -0.162. The number of ketones is 1. The monoisotopic (exact) mass is 490 g/mol. The zero-order valence-corrected chi connectivity index (χ0v) is 18.7. The van der Waals surface area contributed by atoms with E-state index in [1.54, 1.807) is 0 Å². The predicted molar refractivity (Wildman–Crippen MR) is 114 cm³/mol. The minimum Gasteiger partial charge on any atom is -0.455 e. The number of nitrogens with zero attached hydrogens (tertiary/aromatic N) is 1. The summed E-state index contributed by atoms with van der Waals surface area (Å²) in [6, 6.07) is 3.52. The number of halogens is 2. The van der Waals surface area contributed by atoms with E-state index in [9.17, 15) is 23.4 Å². The number of nitrogens with one attached hydrogen (secondary N) is 1. The number of likely N-dealkylation sites (tertiary alicyclic amines) is 1. The van der Waals surface area contributed by atoms with Gasteiger partial charge in [0.1, 0.15) is 6.04 Å². The molecule has 2 rings (SSSR count). The summed E-state index contributed by atoms with van der Waals surface area (Å²) in [5.41, 5.74) is 0.494. The number of hydrogen-bond acceptors (Lipinski definition) is 7. The summed E-state index contributed by atoms with van der Waals surface area (Å²) in [4.78, 5) is 49.3. The molecule has 4 atom stereocenters. The van der Waals surface area contributed by atoms with Crippen LogP contribution in [0.15, 0.2) is 36.4 Å². The molecule has 0 spiro atoms. The molecule has 1 heterocycles. The second kappa shape index (κ2) is 11.4. The Kier molecular flexibility index (Phi) is 9.17. The van der Waals surface area contributed by atoms with Gasteiger partial charge >= 0.3 is 5.97 Å². The van der Waals surface area contributed by atoms with Gasteiger partial charge in [-0.1, -0.05) is 18.2 Å². The lowest BCUT2D eigenvalue weighted by atomic mass is 9.99. The zero-order chi connectivity index (χ0) is 23.1. The number of esters is 1. The van der Waals surface area contributed by atoms with Crippen molar-refractivity contribution < 1.29 is 32.3 Å². The maximum atomic E-state index is 12.7. The highest BCUT2D eigenvalue weighted by molar-refractivity contribution is 7.81. The maximum absolute atomic E-state index is 12.7. The number of carbonyl (C=O) groups is 4. The van der Waals surface area contributed by atoms with Crippen LogP contribution in [0.2, 0.25) is 5.02 Å². The Balaban J connectivity index is 2.15. The SMILES string of the molecule is C=C(C)C(C(=O)OCC(=O)c1ccc(Cl)cc1)N1C(=O)C(NC=O)C1S(=O)OCCCl. The van der Waals surface area contributed by atoms with E-state index in [1.807, 2.05) is 0 Å². The van der Waals surface area contributed by atoms with Crippen molar-refractivity contribution in [2.75, 3.05) is 19.1 Å². The van der Waals surface area contributed by atoms with E-state index in [0.717, 1.165) is 4.90 Å². The van der Waals surface area contributed by atoms with Crippen molar-refractivity contribution in [3.05, 3.63) is 47.0 Å². The Hall–Kier alpha value is -2.27. The van der Waals surface area contributed by atoms with Crippen molar-refractivity contribution in [2.24, 2.45) is 0 Å². The normalized spacial score (nSPS) is 19.7. The predicted octanol–water partition coefficient (Wildman–Crippen LogP) is 1.21. The number of rotatable bonds is 12. The van der Waals surface area contributed by atoms with Gasteiger partial charge in [0.25, 0.3) is 5.91 Å². The molecule has 1 saturated heterocycles. The molecule has 2 amide bonds. The van der Waals surface area contributed by atoms with Crippen molar-refractivity contribution in [3.63, 3.8) is 0 Å². The molecule has 1 N–H and O–H groups in total. The number of carbonyl (C=O) groups excluding carboxylic acids is 4. The molecule has 0 aromatic heterocycles. The quantitative estimate of drug-likeness (QED) is 0.117. The van der Waals surface area contributed by atoms with Crippen LogP contribution in [0.25, 0.3) is 0 Å². The zero-order valence-electron chi connectivity index (χ0n) is 16.4. The molecule has 0 saturated carbocycles. The van der Waals surface area contributed by atoms with Gasteiger partial charge in [-0.05, 0) is 36.8 Å². The molecule has 1 fully saturated rings. The number of amides is 2. The van der Waals surface area contributed by atoms with Crippen molar-refractivity contribution in [1.29, 1.82) is 0 Å². The summed E-state index contributed by atoms with van der Waals surface area (Å²) < 4.78 is 22.7. The lowest BCUT2D eigenvalue weighted by Crippen LogP contribution is -2.74. The van der Waals surface area contributed by atoms with Gasteiger partial charge < -0.3 is 15.0 Å². The summed E-state index contributed by atoms with van der Waals surface area (Å²) in [5.74, 6) is -2.04. The van der Waals surface area contributed by atoms with Crippen LogP contribution in [0.5, 0.6) is 0 Å². The molecule has 1 aliphatic heterocycles. The summed E-state index contributed by atoms with van der Waals surface area (Å²) in [7, 11) is 0. The van der Waals surface area contributed by atoms with E-state index in [2.05, 4.69) is 11.9 Å². The Morgan fingerprint density at radius 3 is 2.55 bits per heavy atom. The molecule has 12 heteroatoms. The fourth-order valence-corrected chi connectivity index (χ4v) is 4.37. The average molecular weight is 491 g/mol. The minimum absolute atomic E-state index is 0.0525. The summed E-state index contributed by atoms with van der Waals surface area (Å²) in [6.45, 7) is 4.51. The molecular weight excluding hydrogens is 471 g/mol. The van der Waals surface area contributed by atoms with Gasteiger partial charge in [-0.2, -0.15) is 0 Å². The van der Waals surface area contributed by atoms with Crippen LogP contribution in [0.3, 0.4) is 0 Å². The summed E-state index contributed by atoms with van der Waals surface area (Å²) in [5, 5.41) is 1.53. The largest absolute Gasteiger partial charge is 0.455 e. The second-order valence-corrected chi connectivity index (χ2v) is 8.51. The second-order valence-electron chi connectivity index (χ2n) is 6.46. The smallest absolute Gasteiger partial charge is 0.333 e. The number of alkyl halides is 1. The lowest BCUT2D eigenvalue weighted by Gasteiger charge is -2.48. The van der Waals surface area contributed by atoms with Crippen LogP contribution in [0.4, 0.5) is 0 Å². The molecule has 4 unspecified atom stereocenters. The van der Waals surface area contributed by atoms with Crippen molar-refractivity contribution in [2.45, 2.75) is 24.4 Å². The highest BCUT2D eigenvalue weighted by atomic mass is 35.5. The molecule has 0 bridgehead atoms. The summed E-state index contributed by atoms with van der Waals surface area (Å²) in [6.07, 6.45) is 0.282. The molecule has 9 nitrogen and oxygen atoms in total. The van der Waals surface area contributed by atoms with Gasteiger partial charge in [0.15, 0.2) is 34.9 Å². The van der Waals surface area contributed by atoms with E-state index in [1.165, 1.54) is 31.2 Å². The third-order valence-corrected chi connectivity index (χ3v) is 5.98. The van der Waals surface area contributed by atoms with Crippen LogP contribution >= 0.6 is 23.2 Å². The van der Waals surface area contributed by atoms with Crippen LogP contribution in [0.1, 0.15) is 17.3 Å². The first kappa shape index (κ1) is 25.0. The minimum atomic E-state index is -2.09. The molecular formula is C19H20Cl2N2O7S. The maximum Gasteiger partial charge on any atom is 0.333 e. The molecule has 1 aromatic rings. The standard InChI is InChI=1S/C19H20Cl2N2O7S/c1-11(2)16(19(27)29-9-14(25)12-3-5-13(21)6-4-12)23-17(26)15(22-10-24)18(23)31(28)30-8-7-20/h3-6,10,15-16,18H,1,7-9H2,2H3,(H,22,24). The van der Waals surface area contributed by atoms with Gasteiger partial charge in [-0.3, -0.25) is 18.6 Å². The third-order valence-electron chi connectivity index (χ3n) is 4.28. The fraction of sp³-hybridized carbons (Fsp3) is 0.368. The van der Waals surface area contributed by atoms with Crippen LogP contribution in [-0.4, -0.2) is 69.7 Å². The van der Waals surface area contributed by atoms with Gasteiger partial charge in [-0.15, -0.1) is 11.6 Å². The summed E-state index contributed by atoms with van der Waals surface area (Å²) >= 11 is 9.22. The molecule has 0 radical (unpaired) electrons. The van der Waals surface area contributed by atoms with Crippen LogP contribution < -0.4 is 5.32 Å². The Morgan fingerprint density at radius 1 is 1.35 bits per heavy atom. The Bertz CT molecular complexity index is 894. The molecule has 168 valence electrons. The first-order valence-electron chi connectivity index (χ1n) is 8.95. The van der Waals surface area contributed by atoms with E-state index < -0.39 is 52.8 Å². The number of Topliss-reactive ketones (excluding diaryl/α,β-unsaturated/α-hetero) is 1. The molecule has 1 aliphatic rings. The number of hydrogen-bond donors (Lipinski definition) is 1. The Labute approximate surface area is 191 Å². The number of benzene rings is 1. The van der Waals surface area contributed by atoms with Crippen molar-refractivity contribution in [1.82, 2.24) is 10.2 Å². The topological polar surface area (TPSA) is 119 Å². The Morgan fingerprint density at radius 2 is 2.00 bits per heavy atom. The van der Waals surface area contributed by atoms with Gasteiger partial charge in [0, 0.05) is 16.5 Å². The fourth-order valence-electron chi connectivity index (χ4n) is 2.86. The third kappa shape index (κ3) is 5.91. The molecule has 1 aromatic carbocycles. The molecule has 0 aliphatic carbocycles.